The topological polar surface area (TPSA) is 92.5 Å². The van der Waals surface area contributed by atoms with Crippen molar-refractivity contribution in [2.45, 2.75) is 0 Å². The zero-order chi connectivity index (χ0) is 15.6. The number of nitrogens with zero attached hydrogens (tertiary/aromatic N) is 1. The molecule has 0 amide bonds. The summed E-state index contributed by atoms with van der Waals surface area (Å²) in [6, 6.07) is 7.64. The molecule has 6 nitrogen and oxygen atoms in total. The smallest absolute Gasteiger partial charge is 0.338 e. The summed E-state index contributed by atoms with van der Waals surface area (Å²) in [5.41, 5.74) is -1.09. The van der Waals surface area contributed by atoms with Crippen molar-refractivity contribution in [1.82, 2.24) is 0 Å². The van der Waals surface area contributed by atoms with Gasteiger partial charge in [0, 0.05) is 10.5 Å². The number of carboxylic acid groups (broad SMARTS) is 1. The highest BCUT2D eigenvalue weighted by Gasteiger charge is 2.22. The maximum Gasteiger partial charge on any atom is 0.338 e. The van der Waals surface area contributed by atoms with E-state index in [4.69, 9.17) is 5.11 Å². The zero-order valence-corrected chi connectivity index (χ0v) is 11.9. The third kappa shape index (κ3) is 3.16. The second-order valence-electron chi connectivity index (χ2n) is 4.01. The van der Waals surface area contributed by atoms with Crippen LogP contribution >= 0.6 is 15.9 Å². The largest absolute Gasteiger partial charge is 0.478 e. The van der Waals surface area contributed by atoms with Crippen LogP contribution < -0.4 is 5.32 Å². The Balaban J connectivity index is 2.56. The van der Waals surface area contributed by atoms with Crippen LogP contribution in [0.3, 0.4) is 0 Å². The molecule has 0 radical (unpaired) electrons. The zero-order valence-electron chi connectivity index (χ0n) is 10.3. The summed E-state index contributed by atoms with van der Waals surface area (Å²) in [4.78, 5) is 21.4. The molecule has 108 valence electrons. The fraction of sp³-hybridized carbons (Fsp3) is 0. The second-order valence-corrected chi connectivity index (χ2v) is 4.93. The number of para-hydroxylation sites is 1. The summed E-state index contributed by atoms with van der Waals surface area (Å²) in [5.74, 6) is -2.02. The maximum atomic E-state index is 13.8. The molecule has 0 aromatic heterocycles. The molecule has 0 aliphatic carbocycles. The summed E-state index contributed by atoms with van der Waals surface area (Å²) in [6.45, 7) is 0. The third-order valence-electron chi connectivity index (χ3n) is 2.66. The highest BCUT2D eigenvalue weighted by Crippen LogP contribution is 2.32. The lowest BCUT2D eigenvalue weighted by atomic mass is 10.1. The first-order valence-corrected chi connectivity index (χ1v) is 6.42. The van der Waals surface area contributed by atoms with Gasteiger partial charge in [-0.3, -0.25) is 10.1 Å². The van der Waals surface area contributed by atoms with E-state index in [0.717, 1.165) is 12.1 Å². The van der Waals surface area contributed by atoms with Gasteiger partial charge in [-0.25, -0.2) is 9.18 Å². The third-order valence-corrected chi connectivity index (χ3v) is 3.15. The Morgan fingerprint density at radius 1 is 1.33 bits per heavy atom. The summed E-state index contributed by atoms with van der Waals surface area (Å²) in [7, 11) is 0. The van der Waals surface area contributed by atoms with Crippen molar-refractivity contribution in [3.63, 3.8) is 0 Å². The molecule has 0 aliphatic rings. The SMILES string of the molecule is O=C(O)c1cccc([N+](=O)[O-])c1Nc1ccc(Br)cc1F. The highest BCUT2D eigenvalue weighted by atomic mass is 79.9. The van der Waals surface area contributed by atoms with Crippen LogP contribution in [-0.2, 0) is 0 Å². The van der Waals surface area contributed by atoms with E-state index in [2.05, 4.69) is 21.2 Å². The Labute approximate surface area is 126 Å². The van der Waals surface area contributed by atoms with E-state index < -0.39 is 22.4 Å². The first kappa shape index (κ1) is 14.9. The van der Waals surface area contributed by atoms with Crippen molar-refractivity contribution in [2.75, 3.05) is 5.32 Å². The van der Waals surface area contributed by atoms with E-state index in [1.165, 1.54) is 24.3 Å². The fourth-order valence-electron chi connectivity index (χ4n) is 1.73. The van der Waals surface area contributed by atoms with Crippen molar-refractivity contribution >= 4 is 39.0 Å². The molecule has 0 heterocycles. The van der Waals surface area contributed by atoms with E-state index in [9.17, 15) is 19.3 Å². The van der Waals surface area contributed by atoms with Crippen LogP contribution in [-0.4, -0.2) is 16.0 Å². The highest BCUT2D eigenvalue weighted by molar-refractivity contribution is 9.10. The molecule has 0 unspecified atom stereocenters. The molecule has 0 spiro atoms. The number of nitrogens with one attached hydrogen (secondary N) is 1. The van der Waals surface area contributed by atoms with Crippen molar-refractivity contribution in [2.24, 2.45) is 0 Å². The van der Waals surface area contributed by atoms with Gasteiger partial charge in [0.15, 0.2) is 0 Å². The average molecular weight is 355 g/mol. The predicted octanol–water partition coefficient (Wildman–Crippen LogP) is 3.94. The molecule has 21 heavy (non-hydrogen) atoms. The molecule has 2 aromatic rings. The van der Waals surface area contributed by atoms with Crippen LogP contribution in [0, 0.1) is 15.9 Å². The summed E-state index contributed by atoms with van der Waals surface area (Å²) in [5, 5.41) is 22.6. The lowest BCUT2D eigenvalue weighted by Crippen LogP contribution is -2.06. The second kappa shape index (κ2) is 5.88. The molecular weight excluding hydrogens is 347 g/mol. The van der Waals surface area contributed by atoms with Gasteiger partial charge < -0.3 is 10.4 Å². The Bertz CT molecular complexity index is 704. The van der Waals surface area contributed by atoms with Crippen molar-refractivity contribution in [1.29, 1.82) is 0 Å². The standard InChI is InChI=1S/C13H8BrFN2O4/c14-7-4-5-10(9(15)6-7)16-12-8(13(18)19)2-1-3-11(12)17(20)21/h1-6,16H,(H,18,19). The quantitative estimate of drug-likeness (QED) is 0.640. The van der Waals surface area contributed by atoms with Crippen LogP contribution in [0.5, 0.6) is 0 Å². The normalized spacial score (nSPS) is 10.2. The number of carboxylic acids is 1. The summed E-state index contributed by atoms with van der Waals surface area (Å²) >= 11 is 3.09. The molecule has 2 rings (SSSR count). The number of nitro groups is 1. The number of aromatic carboxylic acids is 1. The number of hydrogen-bond acceptors (Lipinski definition) is 4. The molecule has 2 N–H and O–H groups in total. The van der Waals surface area contributed by atoms with E-state index >= 15 is 0 Å². The summed E-state index contributed by atoms with van der Waals surface area (Å²) < 4.78 is 14.3. The number of rotatable bonds is 4. The lowest BCUT2D eigenvalue weighted by Gasteiger charge is -2.11. The van der Waals surface area contributed by atoms with E-state index in [1.54, 1.807) is 0 Å². The van der Waals surface area contributed by atoms with Crippen LogP contribution in [0.25, 0.3) is 0 Å². The van der Waals surface area contributed by atoms with Crippen molar-refractivity contribution < 1.29 is 19.2 Å². The molecule has 0 bridgehead atoms. The monoisotopic (exact) mass is 354 g/mol. The molecule has 2 aromatic carbocycles. The van der Waals surface area contributed by atoms with Gasteiger partial charge in [-0.15, -0.1) is 0 Å². The van der Waals surface area contributed by atoms with Gasteiger partial charge in [-0.2, -0.15) is 0 Å². The van der Waals surface area contributed by atoms with Gasteiger partial charge in [-0.05, 0) is 24.3 Å². The molecular formula is C13H8BrFN2O4. The van der Waals surface area contributed by atoms with E-state index in [1.807, 2.05) is 0 Å². The number of halogens is 2. The Morgan fingerprint density at radius 2 is 2.05 bits per heavy atom. The van der Waals surface area contributed by atoms with Gasteiger partial charge in [0.25, 0.3) is 5.69 Å². The first-order chi connectivity index (χ1) is 9.90. The first-order valence-electron chi connectivity index (χ1n) is 5.63. The minimum absolute atomic E-state index is 0.0602. The molecule has 0 saturated carbocycles. The molecule has 0 saturated heterocycles. The number of nitro benzene ring substituents is 1. The molecule has 0 aliphatic heterocycles. The van der Waals surface area contributed by atoms with Gasteiger partial charge in [0.2, 0.25) is 0 Å². The molecule has 0 fully saturated rings. The van der Waals surface area contributed by atoms with E-state index in [-0.39, 0.29) is 16.9 Å². The average Bonchev–Trinajstić information content (AvgIpc) is 2.41. The summed E-state index contributed by atoms with van der Waals surface area (Å²) in [6.07, 6.45) is 0. The van der Waals surface area contributed by atoms with Crippen LogP contribution in [0.2, 0.25) is 0 Å². The fourth-order valence-corrected chi connectivity index (χ4v) is 2.06. The van der Waals surface area contributed by atoms with Crippen LogP contribution in [0.4, 0.5) is 21.5 Å². The maximum absolute atomic E-state index is 13.8. The van der Waals surface area contributed by atoms with Crippen LogP contribution in [0.1, 0.15) is 10.4 Å². The molecule has 8 heteroatoms. The minimum Gasteiger partial charge on any atom is -0.478 e. The van der Waals surface area contributed by atoms with Gasteiger partial charge >= 0.3 is 5.97 Å². The van der Waals surface area contributed by atoms with E-state index in [0.29, 0.717) is 4.47 Å². The predicted molar refractivity (Wildman–Crippen MR) is 77.4 cm³/mol. The minimum atomic E-state index is -1.35. The Hall–Kier alpha value is -2.48. The van der Waals surface area contributed by atoms with Crippen molar-refractivity contribution in [3.8, 4) is 0 Å². The van der Waals surface area contributed by atoms with Gasteiger partial charge in [0.05, 0.1) is 16.2 Å². The van der Waals surface area contributed by atoms with Gasteiger partial charge in [-0.1, -0.05) is 22.0 Å². The number of benzene rings is 2. The van der Waals surface area contributed by atoms with Crippen molar-refractivity contribution in [3.05, 3.63) is 62.4 Å². The number of hydrogen-bond donors (Lipinski definition) is 2. The Kier molecular flexibility index (Phi) is 4.18. The number of carbonyl (C=O) groups is 1. The van der Waals surface area contributed by atoms with Gasteiger partial charge in [0.1, 0.15) is 11.5 Å². The lowest BCUT2D eigenvalue weighted by molar-refractivity contribution is -0.383. The molecule has 0 atom stereocenters. The van der Waals surface area contributed by atoms with Crippen LogP contribution in [0.15, 0.2) is 40.9 Å². The number of anilines is 2. The Morgan fingerprint density at radius 3 is 2.62 bits per heavy atom.